The fourth-order valence-corrected chi connectivity index (χ4v) is 2.62. The van der Waals surface area contributed by atoms with Crippen LogP contribution in [-0.2, 0) is 6.54 Å². The van der Waals surface area contributed by atoms with Crippen molar-refractivity contribution in [2.24, 2.45) is 0 Å². The Morgan fingerprint density at radius 2 is 1.88 bits per heavy atom. The summed E-state index contributed by atoms with van der Waals surface area (Å²) in [6.45, 7) is 4.57. The number of nitrogens with zero attached hydrogens (tertiary/aromatic N) is 2. The van der Waals surface area contributed by atoms with Gasteiger partial charge < -0.3 is 19.5 Å². The third-order valence-corrected chi connectivity index (χ3v) is 4.19. The highest BCUT2D eigenvalue weighted by Gasteiger charge is 2.11. The van der Waals surface area contributed by atoms with Crippen molar-refractivity contribution in [3.8, 4) is 5.75 Å². The molecule has 0 bridgehead atoms. The van der Waals surface area contributed by atoms with Crippen molar-refractivity contribution in [1.29, 1.82) is 0 Å². The lowest BCUT2D eigenvalue weighted by molar-refractivity contribution is 0.0696. The molecule has 0 fully saturated rings. The van der Waals surface area contributed by atoms with Gasteiger partial charge in [0.1, 0.15) is 18.5 Å². The van der Waals surface area contributed by atoms with Gasteiger partial charge in [-0.15, -0.1) is 0 Å². The number of aliphatic hydroxyl groups excluding tert-OH is 1. The Labute approximate surface area is 145 Å². The number of fused-ring (bicyclic) bond motifs is 1. The molecule has 1 aromatic heterocycles. The van der Waals surface area contributed by atoms with Crippen molar-refractivity contribution in [1.82, 2.24) is 9.55 Å². The number of aryl methyl sites for hydroxylation is 2. The first kappa shape index (κ1) is 17.0. The fraction of sp³-hybridized carbons (Fsp3) is 0.263. The van der Waals surface area contributed by atoms with Crippen molar-refractivity contribution < 1.29 is 19.7 Å². The summed E-state index contributed by atoms with van der Waals surface area (Å²) in [6, 6.07) is 10.2. The van der Waals surface area contributed by atoms with Gasteiger partial charge in [-0.05, 0) is 61.4 Å². The quantitative estimate of drug-likeness (QED) is 0.721. The highest BCUT2D eigenvalue weighted by atomic mass is 16.5. The molecule has 0 unspecified atom stereocenters. The average Bonchev–Trinajstić information content (AvgIpc) is 2.95. The van der Waals surface area contributed by atoms with Gasteiger partial charge in [0, 0.05) is 0 Å². The summed E-state index contributed by atoms with van der Waals surface area (Å²) in [4.78, 5) is 15.2. The number of carboxylic acid groups (broad SMARTS) is 1. The number of imidazole rings is 1. The van der Waals surface area contributed by atoms with Crippen LogP contribution in [0.25, 0.3) is 11.0 Å². The van der Waals surface area contributed by atoms with Crippen LogP contribution in [0, 0.1) is 13.8 Å². The molecule has 0 saturated carbocycles. The zero-order valence-electron chi connectivity index (χ0n) is 14.1. The summed E-state index contributed by atoms with van der Waals surface area (Å²) in [5, 5.41) is 19.1. The lowest BCUT2D eigenvalue weighted by atomic mass is 10.1. The highest BCUT2D eigenvalue weighted by molar-refractivity contribution is 5.87. The Morgan fingerprint density at radius 3 is 2.56 bits per heavy atom. The number of carboxylic acids is 1. The van der Waals surface area contributed by atoms with E-state index in [0.717, 1.165) is 11.0 Å². The molecule has 0 aliphatic carbocycles. The zero-order chi connectivity index (χ0) is 18.0. The average molecular weight is 340 g/mol. The minimum atomic E-state index is -0.982. The molecule has 130 valence electrons. The van der Waals surface area contributed by atoms with Crippen LogP contribution >= 0.6 is 0 Å². The van der Waals surface area contributed by atoms with E-state index in [2.05, 4.69) is 11.1 Å². The second-order valence-electron chi connectivity index (χ2n) is 6.12. The Morgan fingerprint density at radius 1 is 1.20 bits per heavy atom. The van der Waals surface area contributed by atoms with Gasteiger partial charge in [-0.2, -0.15) is 0 Å². The van der Waals surface area contributed by atoms with E-state index in [1.54, 1.807) is 18.5 Å². The smallest absolute Gasteiger partial charge is 0.335 e. The Balaban J connectivity index is 1.63. The largest absolute Gasteiger partial charge is 0.491 e. The maximum atomic E-state index is 10.8. The maximum absolute atomic E-state index is 10.8. The summed E-state index contributed by atoms with van der Waals surface area (Å²) < 4.78 is 7.44. The minimum Gasteiger partial charge on any atom is -0.491 e. The zero-order valence-corrected chi connectivity index (χ0v) is 14.1. The molecule has 1 atom stereocenters. The first-order chi connectivity index (χ1) is 11.9. The molecule has 2 aromatic carbocycles. The fourth-order valence-electron chi connectivity index (χ4n) is 2.62. The van der Waals surface area contributed by atoms with Crippen LogP contribution in [-0.4, -0.2) is 38.4 Å². The van der Waals surface area contributed by atoms with Crippen molar-refractivity contribution in [3.63, 3.8) is 0 Å². The predicted molar refractivity (Wildman–Crippen MR) is 94.1 cm³/mol. The predicted octanol–water partition coefficient (Wildman–Crippen LogP) is 2.79. The summed E-state index contributed by atoms with van der Waals surface area (Å²) in [5.74, 6) is -0.463. The second-order valence-corrected chi connectivity index (χ2v) is 6.12. The van der Waals surface area contributed by atoms with Crippen LogP contribution < -0.4 is 4.74 Å². The van der Waals surface area contributed by atoms with Crippen LogP contribution in [0.4, 0.5) is 0 Å². The molecule has 3 rings (SSSR count). The number of aliphatic hydroxyl groups is 1. The van der Waals surface area contributed by atoms with Gasteiger partial charge in [-0.3, -0.25) is 0 Å². The van der Waals surface area contributed by atoms with E-state index in [-0.39, 0.29) is 12.2 Å². The standard InChI is InChI=1S/C19H20N2O4/c1-12-7-17-18(8-13(12)2)21(11-20-17)9-15(22)10-25-16-5-3-14(4-6-16)19(23)24/h3-8,11,15,22H,9-10H2,1-2H3,(H,23,24)/t15-/m1/s1. The molecule has 0 radical (unpaired) electrons. The normalized spacial score (nSPS) is 12.3. The van der Waals surface area contributed by atoms with E-state index in [9.17, 15) is 9.90 Å². The monoisotopic (exact) mass is 340 g/mol. The van der Waals surface area contributed by atoms with Gasteiger partial charge in [0.05, 0.1) is 29.5 Å². The number of benzene rings is 2. The van der Waals surface area contributed by atoms with E-state index >= 15 is 0 Å². The van der Waals surface area contributed by atoms with Gasteiger partial charge in [0.15, 0.2) is 0 Å². The molecule has 25 heavy (non-hydrogen) atoms. The molecule has 1 heterocycles. The van der Waals surface area contributed by atoms with Gasteiger partial charge >= 0.3 is 5.97 Å². The lowest BCUT2D eigenvalue weighted by Crippen LogP contribution is -2.23. The molecule has 0 spiro atoms. The molecule has 0 amide bonds. The minimum absolute atomic E-state index is 0.108. The summed E-state index contributed by atoms with van der Waals surface area (Å²) >= 11 is 0. The van der Waals surface area contributed by atoms with Gasteiger partial charge in [-0.25, -0.2) is 9.78 Å². The van der Waals surface area contributed by atoms with Crippen LogP contribution in [0.1, 0.15) is 21.5 Å². The van der Waals surface area contributed by atoms with Crippen molar-refractivity contribution in [2.45, 2.75) is 26.5 Å². The van der Waals surface area contributed by atoms with Crippen LogP contribution in [0.5, 0.6) is 5.75 Å². The van der Waals surface area contributed by atoms with E-state index in [1.807, 2.05) is 24.5 Å². The SMILES string of the molecule is Cc1cc2ncn(C[C@@H](O)COc3ccc(C(=O)O)cc3)c2cc1C. The number of rotatable bonds is 6. The molecular weight excluding hydrogens is 320 g/mol. The number of hydrogen-bond acceptors (Lipinski definition) is 4. The second kappa shape index (κ2) is 6.94. The Hall–Kier alpha value is -2.86. The van der Waals surface area contributed by atoms with Gasteiger partial charge in [0.25, 0.3) is 0 Å². The molecule has 6 heteroatoms. The van der Waals surface area contributed by atoms with E-state index in [0.29, 0.717) is 12.3 Å². The number of aromatic nitrogens is 2. The Kier molecular flexibility index (Phi) is 4.72. The van der Waals surface area contributed by atoms with Crippen LogP contribution in [0.15, 0.2) is 42.7 Å². The van der Waals surface area contributed by atoms with Crippen molar-refractivity contribution in [3.05, 3.63) is 59.4 Å². The highest BCUT2D eigenvalue weighted by Crippen LogP contribution is 2.19. The lowest BCUT2D eigenvalue weighted by Gasteiger charge is -2.14. The molecule has 0 aliphatic heterocycles. The summed E-state index contributed by atoms with van der Waals surface area (Å²) in [5.41, 5.74) is 4.45. The topological polar surface area (TPSA) is 84.6 Å². The molecule has 6 nitrogen and oxygen atoms in total. The van der Waals surface area contributed by atoms with Crippen molar-refractivity contribution >= 4 is 17.0 Å². The van der Waals surface area contributed by atoms with Crippen LogP contribution in [0.3, 0.4) is 0 Å². The number of ether oxygens (including phenoxy) is 1. The summed E-state index contributed by atoms with van der Waals surface area (Å²) in [7, 11) is 0. The molecule has 0 aliphatic rings. The van der Waals surface area contributed by atoms with E-state index < -0.39 is 12.1 Å². The number of aromatic carboxylic acids is 1. The molecule has 2 N–H and O–H groups in total. The first-order valence-corrected chi connectivity index (χ1v) is 8.00. The van der Waals surface area contributed by atoms with Crippen molar-refractivity contribution in [2.75, 3.05) is 6.61 Å². The third-order valence-electron chi connectivity index (χ3n) is 4.19. The molecule has 0 saturated heterocycles. The van der Waals surface area contributed by atoms with E-state index in [4.69, 9.17) is 9.84 Å². The number of hydrogen-bond donors (Lipinski definition) is 2. The van der Waals surface area contributed by atoms with Crippen LogP contribution in [0.2, 0.25) is 0 Å². The van der Waals surface area contributed by atoms with Gasteiger partial charge in [0.2, 0.25) is 0 Å². The first-order valence-electron chi connectivity index (χ1n) is 8.00. The number of carbonyl (C=O) groups is 1. The molecule has 3 aromatic rings. The third kappa shape index (κ3) is 3.80. The summed E-state index contributed by atoms with van der Waals surface area (Å²) in [6.07, 6.45) is 1.01. The van der Waals surface area contributed by atoms with Gasteiger partial charge in [-0.1, -0.05) is 0 Å². The molecular formula is C19H20N2O4. The maximum Gasteiger partial charge on any atom is 0.335 e. The van der Waals surface area contributed by atoms with E-state index in [1.165, 1.54) is 23.3 Å². The Bertz CT molecular complexity index is 900.